The predicted molar refractivity (Wildman–Crippen MR) is 77.2 cm³/mol. The number of carbonyl (C=O) groups excluding carboxylic acids is 1. The van der Waals surface area contributed by atoms with Crippen LogP contribution in [0.4, 0.5) is 13.2 Å². The number of carbonyl (C=O) groups is 1. The van der Waals surface area contributed by atoms with E-state index in [9.17, 15) is 23.1 Å². The Labute approximate surface area is 130 Å². The zero-order valence-corrected chi connectivity index (χ0v) is 14.0. The van der Waals surface area contributed by atoms with Crippen LogP contribution >= 0.6 is 0 Å². The van der Waals surface area contributed by atoms with Gasteiger partial charge >= 0.3 is 12.1 Å². The van der Waals surface area contributed by atoms with Crippen molar-refractivity contribution in [1.82, 2.24) is 0 Å². The quantitative estimate of drug-likeness (QED) is 0.770. The lowest BCUT2D eigenvalue weighted by Crippen LogP contribution is -2.65. The van der Waals surface area contributed by atoms with E-state index in [1.54, 1.807) is 20.8 Å². The normalized spacial score (nSPS) is 23.0. The van der Waals surface area contributed by atoms with E-state index >= 15 is 0 Å². The first-order valence-electron chi connectivity index (χ1n) is 7.82. The van der Waals surface area contributed by atoms with Crippen LogP contribution in [0.3, 0.4) is 0 Å². The number of esters is 1. The first kappa shape index (κ1) is 19.3. The second kappa shape index (κ2) is 6.02. The monoisotopic (exact) mass is 324 g/mol. The van der Waals surface area contributed by atoms with Crippen LogP contribution in [0.1, 0.15) is 66.7 Å². The van der Waals surface area contributed by atoms with Crippen LogP contribution in [0.25, 0.3) is 0 Å². The third-order valence-electron chi connectivity index (χ3n) is 5.39. The van der Waals surface area contributed by atoms with E-state index in [2.05, 4.69) is 0 Å². The standard InChI is InChI=1S/C16H27F3O3/c1-6-13(2,3)12(20)22-14(4,11-9-7-8-10-11)15(5,21)16(17,18)19/h11,21H,6-10H2,1-5H3. The summed E-state index contributed by atoms with van der Waals surface area (Å²) in [5, 5.41) is 10.2. The maximum atomic E-state index is 13.4. The Hall–Kier alpha value is -0.780. The van der Waals surface area contributed by atoms with E-state index in [1.165, 1.54) is 6.92 Å². The molecule has 1 fully saturated rings. The molecule has 3 nitrogen and oxygen atoms in total. The van der Waals surface area contributed by atoms with Crippen LogP contribution < -0.4 is 0 Å². The van der Waals surface area contributed by atoms with Gasteiger partial charge in [0.1, 0.15) is 5.60 Å². The van der Waals surface area contributed by atoms with Crippen molar-refractivity contribution in [1.29, 1.82) is 0 Å². The van der Waals surface area contributed by atoms with E-state index in [1.807, 2.05) is 0 Å². The lowest BCUT2D eigenvalue weighted by atomic mass is 9.74. The maximum Gasteiger partial charge on any atom is 0.420 e. The number of aliphatic hydroxyl groups is 1. The molecule has 0 aromatic heterocycles. The minimum Gasteiger partial charge on any atom is -0.455 e. The molecule has 0 radical (unpaired) electrons. The molecule has 1 aliphatic rings. The molecule has 22 heavy (non-hydrogen) atoms. The summed E-state index contributed by atoms with van der Waals surface area (Å²) in [5.41, 5.74) is -5.96. The molecule has 1 aliphatic carbocycles. The number of rotatable bonds is 5. The molecule has 130 valence electrons. The number of ether oxygens (including phenoxy) is 1. The molecular formula is C16H27F3O3. The molecule has 1 saturated carbocycles. The molecule has 0 aromatic carbocycles. The van der Waals surface area contributed by atoms with Crippen molar-refractivity contribution in [3.05, 3.63) is 0 Å². The molecule has 0 aromatic rings. The highest BCUT2D eigenvalue weighted by Gasteiger charge is 2.66. The van der Waals surface area contributed by atoms with Gasteiger partial charge in [-0.3, -0.25) is 4.79 Å². The van der Waals surface area contributed by atoms with E-state index in [-0.39, 0.29) is 0 Å². The van der Waals surface area contributed by atoms with Crippen molar-refractivity contribution < 1.29 is 27.8 Å². The van der Waals surface area contributed by atoms with Crippen LogP contribution in [-0.4, -0.2) is 28.5 Å². The second-order valence-corrected chi connectivity index (χ2v) is 7.29. The number of hydrogen-bond donors (Lipinski definition) is 1. The summed E-state index contributed by atoms with van der Waals surface area (Å²) in [6.45, 7) is 6.97. The highest BCUT2D eigenvalue weighted by molar-refractivity contribution is 5.76. The van der Waals surface area contributed by atoms with Gasteiger partial charge in [-0.25, -0.2) is 0 Å². The maximum absolute atomic E-state index is 13.4. The van der Waals surface area contributed by atoms with Crippen molar-refractivity contribution in [3.8, 4) is 0 Å². The summed E-state index contributed by atoms with van der Waals surface area (Å²) in [6, 6.07) is 0. The summed E-state index contributed by atoms with van der Waals surface area (Å²) >= 11 is 0. The van der Waals surface area contributed by atoms with Gasteiger partial charge in [-0.2, -0.15) is 13.2 Å². The fourth-order valence-corrected chi connectivity index (χ4v) is 2.81. The fourth-order valence-electron chi connectivity index (χ4n) is 2.81. The van der Waals surface area contributed by atoms with Crippen molar-refractivity contribution in [2.45, 2.75) is 84.1 Å². The van der Waals surface area contributed by atoms with Gasteiger partial charge in [0.25, 0.3) is 0 Å². The van der Waals surface area contributed by atoms with Gasteiger partial charge in [0.2, 0.25) is 0 Å². The Morgan fingerprint density at radius 1 is 1.14 bits per heavy atom. The van der Waals surface area contributed by atoms with E-state index in [0.717, 1.165) is 12.8 Å². The van der Waals surface area contributed by atoms with Crippen LogP contribution in [0.5, 0.6) is 0 Å². The Balaban J connectivity index is 3.21. The number of hydrogen-bond acceptors (Lipinski definition) is 3. The molecule has 2 unspecified atom stereocenters. The van der Waals surface area contributed by atoms with Gasteiger partial charge in [0, 0.05) is 5.92 Å². The largest absolute Gasteiger partial charge is 0.455 e. The first-order valence-corrected chi connectivity index (χ1v) is 7.82. The molecule has 0 amide bonds. The average molecular weight is 324 g/mol. The minimum absolute atomic E-state index is 0.445. The molecule has 0 aliphatic heterocycles. The highest BCUT2D eigenvalue weighted by atomic mass is 19.4. The molecule has 6 heteroatoms. The molecule has 2 atom stereocenters. The zero-order chi connectivity index (χ0) is 17.4. The summed E-state index contributed by atoms with van der Waals surface area (Å²) < 4.78 is 45.5. The SMILES string of the molecule is CCC(C)(C)C(=O)OC(C)(C1CCCC1)C(C)(O)C(F)(F)F. The van der Waals surface area contributed by atoms with Gasteiger partial charge in [0.05, 0.1) is 5.41 Å². The predicted octanol–water partition coefficient (Wildman–Crippen LogP) is 4.23. The summed E-state index contributed by atoms with van der Waals surface area (Å²) in [6.07, 6.45) is -1.83. The minimum atomic E-state index is -4.87. The van der Waals surface area contributed by atoms with Crippen LogP contribution in [-0.2, 0) is 9.53 Å². The molecule has 0 bridgehead atoms. The number of alkyl halides is 3. The van der Waals surface area contributed by atoms with Crippen LogP contribution in [0.2, 0.25) is 0 Å². The molecule has 1 N–H and O–H groups in total. The van der Waals surface area contributed by atoms with Gasteiger partial charge in [0.15, 0.2) is 5.60 Å². The first-order chi connectivity index (χ1) is 9.79. The Kier molecular flexibility index (Phi) is 5.27. The lowest BCUT2D eigenvalue weighted by Gasteiger charge is -2.47. The van der Waals surface area contributed by atoms with Gasteiger partial charge in [-0.1, -0.05) is 19.8 Å². The molecule has 0 spiro atoms. The number of halogens is 3. The summed E-state index contributed by atoms with van der Waals surface area (Å²) in [5.74, 6) is -1.20. The Morgan fingerprint density at radius 3 is 1.95 bits per heavy atom. The van der Waals surface area contributed by atoms with E-state index < -0.39 is 34.7 Å². The van der Waals surface area contributed by atoms with Gasteiger partial charge in [-0.05, 0) is 47.0 Å². The third kappa shape index (κ3) is 3.26. The van der Waals surface area contributed by atoms with Gasteiger partial charge < -0.3 is 9.84 Å². The fraction of sp³-hybridized carbons (Fsp3) is 0.938. The van der Waals surface area contributed by atoms with E-state index in [0.29, 0.717) is 26.2 Å². The highest BCUT2D eigenvalue weighted by Crippen LogP contribution is 2.49. The molecular weight excluding hydrogens is 297 g/mol. The van der Waals surface area contributed by atoms with Crippen LogP contribution in [0.15, 0.2) is 0 Å². The van der Waals surface area contributed by atoms with Crippen LogP contribution in [0, 0.1) is 11.3 Å². The molecule has 0 saturated heterocycles. The van der Waals surface area contributed by atoms with E-state index in [4.69, 9.17) is 4.74 Å². The second-order valence-electron chi connectivity index (χ2n) is 7.29. The summed E-state index contributed by atoms with van der Waals surface area (Å²) in [7, 11) is 0. The summed E-state index contributed by atoms with van der Waals surface area (Å²) in [4.78, 5) is 12.3. The van der Waals surface area contributed by atoms with Crippen molar-refractivity contribution in [3.63, 3.8) is 0 Å². The lowest BCUT2D eigenvalue weighted by molar-refractivity contribution is -0.321. The van der Waals surface area contributed by atoms with Crippen molar-refractivity contribution in [2.24, 2.45) is 11.3 Å². The topological polar surface area (TPSA) is 46.5 Å². The van der Waals surface area contributed by atoms with Crippen molar-refractivity contribution >= 4 is 5.97 Å². The average Bonchev–Trinajstić information content (AvgIpc) is 2.91. The zero-order valence-electron chi connectivity index (χ0n) is 14.0. The Bertz CT molecular complexity index is 409. The smallest absolute Gasteiger partial charge is 0.420 e. The molecule has 1 rings (SSSR count). The van der Waals surface area contributed by atoms with Gasteiger partial charge in [-0.15, -0.1) is 0 Å². The van der Waals surface area contributed by atoms with Crippen molar-refractivity contribution in [2.75, 3.05) is 0 Å². The molecule has 0 heterocycles. The third-order valence-corrected chi connectivity index (χ3v) is 5.39. The Morgan fingerprint density at radius 2 is 1.59 bits per heavy atom.